The normalized spacial score (nSPS) is 11.3. The van der Waals surface area contributed by atoms with Crippen LogP contribution >= 0.6 is 11.8 Å². The van der Waals surface area contributed by atoms with Gasteiger partial charge < -0.3 is 4.42 Å². The maximum Gasteiger partial charge on any atom is 0.209 e. The van der Waals surface area contributed by atoms with E-state index in [2.05, 4.69) is 15.2 Å². The Morgan fingerprint density at radius 2 is 2.12 bits per heavy atom. The van der Waals surface area contributed by atoms with E-state index in [4.69, 9.17) is 4.42 Å². The Labute approximate surface area is 146 Å². The molecular weight excluding hydrogens is 348 g/mol. The molecule has 0 saturated carbocycles. The van der Waals surface area contributed by atoms with E-state index < -0.39 is 17.4 Å². The highest BCUT2D eigenvalue weighted by Crippen LogP contribution is 2.18. The van der Waals surface area contributed by atoms with Crippen molar-refractivity contribution in [2.75, 3.05) is 5.75 Å². The fourth-order valence-electron chi connectivity index (χ4n) is 2.02. The third kappa shape index (κ3) is 4.42. The van der Waals surface area contributed by atoms with Crippen LogP contribution in [0.3, 0.4) is 0 Å². The molecule has 0 aliphatic carbocycles. The minimum Gasteiger partial charge on any atom is -0.462 e. The number of benzene rings is 1. The van der Waals surface area contributed by atoms with Crippen LogP contribution in [-0.2, 0) is 0 Å². The molecule has 3 aromatic rings. The van der Waals surface area contributed by atoms with Crippen molar-refractivity contribution >= 4 is 29.7 Å². The summed E-state index contributed by atoms with van der Waals surface area (Å²) in [7, 11) is 0. The van der Waals surface area contributed by atoms with Crippen LogP contribution in [-0.4, -0.2) is 26.7 Å². The van der Waals surface area contributed by atoms with E-state index >= 15 is 0 Å². The van der Waals surface area contributed by atoms with E-state index in [1.165, 1.54) is 0 Å². The van der Waals surface area contributed by atoms with Gasteiger partial charge in [0.05, 0.1) is 11.3 Å². The fourth-order valence-corrected chi connectivity index (χ4v) is 2.71. The van der Waals surface area contributed by atoms with Crippen molar-refractivity contribution in [3.63, 3.8) is 0 Å². The highest BCUT2D eigenvalue weighted by Gasteiger charge is 2.14. The molecule has 0 amide bonds. The number of H-pyrrole nitrogens is 1. The number of nitrogens with one attached hydrogen (secondary N) is 1. The first-order valence-electron chi connectivity index (χ1n) is 7.29. The summed E-state index contributed by atoms with van der Waals surface area (Å²) in [6.07, 6.45) is 3.43. The molecule has 0 aliphatic heterocycles. The summed E-state index contributed by atoms with van der Waals surface area (Å²) in [5.74, 6) is -0.129. The fraction of sp³-hybridized carbons (Fsp3) is 0.118. The monoisotopic (exact) mass is 361 g/mol. The zero-order valence-electron chi connectivity index (χ0n) is 13.1. The summed E-state index contributed by atoms with van der Waals surface area (Å²) in [6, 6.07) is 6.54. The van der Waals surface area contributed by atoms with Gasteiger partial charge in [-0.2, -0.15) is 0 Å². The van der Waals surface area contributed by atoms with E-state index in [0.717, 1.165) is 29.7 Å². The van der Waals surface area contributed by atoms with E-state index in [1.54, 1.807) is 12.2 Å². The molecule has 25 heavy (non-hydrogen) atoms. The Morgan fingerprint density at radius 1 is 1.28 bits per heavy atom. The van der Waals surface area contributed by atoms with E-state index in [1.807, 2.05) is 19.1 Å². The molecule has 0 saturated heterocycles. The molecule has 0 bridgehead atoms. The molecule has 0 spiro atoms. The van der Waals surface area contributed by atoms with Gasteiger partial charge in [0.25, 0.3) is 0 Å². The molecule has 0 fully saturated rings. The van der Waals surface area contributed by atoms with Gasteiger partial charge in [-0.25, -0.2) is 13.8 Å². The number of aromatic nitrogens is 3. The molecule has 8 heteroatoms. The maximum atomic E-state index is 13.6. The van der Waals surface area contributed by atoms with Crippen LogP contribution in [0.1, 0.15) is 27.7 Å². The Hall–Kier alpha value is -2.74. The van der Waals surface area contributed by atoms with Gasteiger partial charge >= 0.3 is 0 Å². The Balaban J connectivity index is 1.59. The lowest BCUT2D eigenvalue weighted by Gasteiger charge is -2.01. The standard InChI is InChI=1S/C17H13F2N3O2S/c1-10-2-4-12(24-10)5-7-16-20-17(22-21-16)25-9-15(23)13-6-3-11(18)8-14(13)19/h2-8H,9H2,1H3,(H,20,21,22)/b7-5+. The smallest absolute Gasteiger partial charge is 0.209 e. The van der Waals surface area contributed by atoms with Crippen LogP contribution in [0.25, 0.3) is 12.2 Å². The number of aryl methyl sites for hydroxylation is 1. The van der Waals surface area contributed by atoms with Crippen LogP contribution in [0.4, 0.5) is 8.78 Å². The van der Waals surface area contributed by atoms with Crippen molar-refractivity contribution in [1.29, 1.82) is 0 Å². The predicted molar refractivity (Wildman–Crippen MR) is 90.2 cm³/mol. The molecule has 0 radical (unpaired) electrons. The first kappa shape index (κ1) is 17.1. The van der Waals surface area contributed by atoms with Crippen molar-refractivity contribution in [2.45, 2.75) is 12.1 Å². The van der Waals surface area contributed by atoms with Crippen LogP contribution in [0.2, 0.25) is 0 Å². The molecule has 2 heterocycles. The maximum absolute atomic E-state index is 13.6. The van der Waals surface area contributed by atoms with Gasteiger partial charge in [0.2, 0.25) is 5.16 Å². The second kappa shape index (κ2) is 7.43. The summed E-state index contributed by atoms with van der Waals surface area (Å²) < 4.78 is 31.8. The molecular formula is C17H13F2N3O2S. The molecule has 0 atom stereocenters. The number of carbonyl (C=O) groups excluding carboxylic acids is 1. The number of thioether (sulfide) groups is 1. The molecule has 0 aliphatic rings. The van der Waals surface area contributed by atoms with Gasteiger partial charge in [-0.1, -0.05) is 11.8 Å². The van der Waals surface area contributed by atoms with Crippen LogP contribution in [0.5, 0.6) is 0 Å². The van der Waals surface area contributed by atoms with Gasteiger partial charge in [-0.15, -0.1) is 5.10 Å². The number of Topliss-reactive ketones (excluding diaryl/α,β-unsaturated/α-hetero) is 1. The van der Waals surface area contributed by atoms with E-state index in [0.29, 0.717) is 22.8 Å². The van der Waals surface area contributed by atoms with Gasteiger partial charge in [-0.3, -0.25) is 9.89 Å². The van der Waals surface area contributed by atoms with Crippen molar-refractivity contribution in [3.8, 4) is 0 Å². The van der Waals surface area contributed by atoms with Crippen molar-refractivity contribution < 1.29 is 18.0 Å². The Morgan fingerprint density at radius 3 is 2.84 bits per heavy atom. The minimum absolute atomic E-state index is 0.0546. The van der Waals surface area contributed by atoms with E-state index in [-0.39, 0.29) is 11.3 Å². The zero-order valence-corrected chi connectivity index (χ0v) is 13.9. The van der Waals surface area contributed by atoms with Crippen molar-refractivity contribution in [3.05, 3.63) is 64.9 Å². The number of aromatic amines is 1. The molecule has 3 rings (SSSR count). The third-order valence-electron chi connectivity index (χ3n) is 3.21. The van der Waals surface area contributed by atoms with Crippen LogP contribution < -0.4 is 0 Å². The largest absolute Gasteiger partial charge is 0.462 e. The number of ketones is 1. The van der Waals surface area contributed by atoms with E-state index in [9.17, 15) is 13.6 Å². The van der Waals surface area contributed by atoms with Gasteiger partial charge in [-0.05, 0) is 43.3 Å². The molecule has 1 N–H and O–H groups in total. The third-order valence-corrected chi connectivity index (χ3v) is 4.06. The lowest BCUT2D eigenvalue weighted by Crippen LogP contribution is -2.05. The summed E-state index contributed by atoms with van der Waals surface area (Å²) in [5, 5.41) is 7.05. The SMILES string of the molecule is Cc1ccc(/C=C/c2nc(SCC(=O)c3ccc(F)cc3F)n[nH]2)o1. The first-order chi connectivity index (χ1) is 12.0. The number of nitrogens with zero attached hydrogens (tertiary/aromatic N) is 2. The average Bonchev–Trinajstić information content (AvgIpc) is 3.19. The highest BCUT2D eigenvalue weighted by atomic mass is 32.2. The number of carbonyl (C=O) groups is 1. The van der Waals surface area contributed by atoms with Crippen LogP contribution in [0, 0.1) is 18.6 Å². The second-order valence-electron chi connectivity index (χ2n) is 5.12. The summed E-state index contributed by atoms with van der Waals surface area (Å²) in [5.41, 5.74) is -0.155. The Bertz CT molecular complexity index is 934. The van der Waals surface area contributed by atoms with Gasteiger partial charge in [0.15, 0.2) is 5.78 Å². The molecule has 2 aromatic heterocycles. The molecule has 128 valence electrons. The Kier molecular flexibility index (Phi) is 5.08. The lowest BCUT2D eigenvalue weighted by atomic mass is 10.1. The number of hydrogen-bond acceptors (Lipinski definition) is 5. The molecule has 1 aromatic carbocycles. The lowest BCUT2D eigenvalue weighted by molar-refractivity contribution is 0.101. The second-order valence-corrected chi connectivity index (χ2v) is 6.06. The van der Waals surface area contributed by atoms with Gasteiger partial charge in [0.1, 0.15) is 29.0 Å². The average molecular weight is 361 g/mol. The molecule has 5 nitrogen and oxygen atoms in total. The molecule has 0 unspecified atom stereocenters. The number of rotatable bonds is 6. The van der Waals surface area contributed by atoms with Gasteiger partial charge in [0, 0.05) is 6.07 Å². The topological polar surface area (TPSA) is 71.8 Å². The van der Waals surface area contributed by atoms with Crippen molar-refractivity contribution in [1.82, 2.24) is 15.2 Å². The first-order valence-corrected chi connectivity index (χ1v) is 8.28. The summed E-state index contributed by atoms with van der Waals surface area (Å²) in [6.45, 7) is 1.85. The summed E-state index contributed by atoms with van der Waals surface area (Å²) >= 11 is 1.06. The number of furan rings is 1. The highest BCUT2D eigenvalue weighted by molar-refractivity contribution is 7.99. The predicted octanol–water partition coefficient (Wildman–Crippen LogP) is 4.13. The zero-order chi connectivity index (χ0) is 17.8. The number of halogens is 2. The van der Waals surface area contributed by atoms with Crippen molar-refractivity contribution in [2.24, 2.45) is 0 Å². The summed E-state index contributed by atoms with van der Waals surface area (Å²) in [4.78, 5) is 16.2. The minimum atomic E-state index is -0.877. The quantitative estimate of drug-likeness (QED) is 0.528. The van der Waals surface area contributed by atoms with Crippen LogP contribution in [0.15, 0.2) is 39.9 Å². The number of hydrogen-bond donors (Lipinski definition) is 1.